The van der Waals surface area contributed by atoms with Gasteiger partial charge < -0.3 is 15.5 Å². The third kappa shape index (κ3) is 4.24. The summed E-state index contributed by atoms with van der Waals surface area (Å²) in [4.78, 5) is 32.3. The van der Waals surface area contributed by atoms with E-state index in [1.54, 1.807) is 0 Å². The summed E-state index contributed by atoms with van der Waals surface area (Å²) >= 11 is 1.44. The minimum absolute atomic E-state index is 0.120. The maximum Gasteiger partial charge on any atom is 0.238 e. The second-order valence-electron chi connectivity index (χ2n) is 6.79. The molecule has 1 aromatic heterocycles. The van der Waals surface area contributed by atoms with Crippen LogP contribution in [0.1, 0.15) is 24.8 Å². The number of fused-ring (bicyclic) bond motifs is 1. The van der Waals surface area contributed by atoms with Gasteiger partial charge in [0.15, 0.2) is 0 Å². The molecule has 1 saturated heterocycles. The van der Waals surface area contributed by atoms with E-state index in [0.29, 0.717) is 6.54 Å². The molecule has 2 aliphatic heterocycles. The molecule has 1 unspecified atom stereocenters. The second-order valence-corrected chi connectivity index (χ2v) is 8.04. The zero-order chi connectivity index (χ0) is 18.6. The number of aromatic nitrogens is 1. The van der Waals surface area contributed by atoms with Gasteiger partial charge in [0.1, 0.15) is 5.82 Å². The predicted molar refractivity (Wildman–Crippen MR) is 107 cm³/mol. The first-order valence-electron chi connectivity index (χ1n) is 9.22. The predicted octanol–water partition coefficient (Wildman–Crippen LogP) is 2.80. The average Bonchev–Trinajstić information content (AvgIpc) is 3.22. The fraction of sp³-hybridized carbons (Fsp3) is 0.350. The van der Waals surface area contributed by atoms with Crippen LogP contribution in [-0.2, 0) is 16.1 Å². The Balaban J connectivity index is 1.29. The Bertz CT molecular complexity index is 834. The van der Waals surface area contributed by atoms with Gasteiger partial charge in [-0.25, -0.2) is 4.98 Å². The van der Waals surface area contributed by atoms with E-state index in [0.717, 1.165) is 35.1 Å². The van der Waals surface area contributed by atoms with E-state index in [1.165, 1.54) is 24.6 Å². The number of thioether (sulfide) groups is 1. The molecule has 2 N–H and O–H groups in total. The van der Waals surface area contributed by atoms with E-state index in [1.807, 2.05) is 42.6 Å². The number of anilines is 2. The van der Waals surface area contributed by atoms with Crippen LogP contribution in [0.15, 0.2) is 47.5 Å². The van der Waals surface area contributed by atoms with Gasteiger partial charge in [-0.05, 0) is 36.6 Å². The second kappa shape index (κ2) is 8.00. The van der Waals surface area contributed by atoms with E-state index < -0.39 is 5.25 Å². The van der Waals surface area contributed by atoms with E-state index in [2.05, 4.69) is 20.5 Å². The van der Waals surface area contributed by atoms with Crippen LogP contribution in [0.2, 0.25) is 0 Å². The number of amides is 2. The van der Waals surface area contributed by atoms with Crippen LogP contribution < -0.4 is 15.5 Å². The molecule has 2 amide bonds. The number of benzene rings is 1. The van der Waals surface area contributed by atoms with Gasteiger partial charge in [-0.15, -0.1) is 11.8 Å². The number of nitrogens with one attached hydrogen (secondary N) is 2. The summed E-state index contributed by atoms with van der Waals surface area (Å²) in [6.07, 6.45) is 4.41. The smallest absolute Gasteiger partial charge is 0.238 e. The molecule has 0 saturated carbocycles. The molecule has 0 bridgehead atoms. The van der Waals surface area contributed by atoms with E-state index in [4.69, 9.17) is 0 Å². The van der Waals surface area contributed by atoms with Crippen LogP contribution in [-0.4, -0.2) is 35.1 Å². The highest BCUT2D eigenvalue weighted by atomic mass is 32.2. The largest absolute Gasteiger partial charge is 0.357 e. The topological polar surface area (TPSA) is 74.3 Å². The standard InChI is InChI=1S/C20H22N4O2S/c25-19(11-17-20(26)23-15-5-1-2-6-16(15)27-17)22-13-14-7-8-18(21-12-14)24-9-3-4-10-24/h1-2,5-8,12,17H,3-4,9-11,13H2,(H,22,25)(H,23,26). The molecule has 2 aromatic rings. The third-order valence-corrected chi connectivity index (χ3v) is 6.08. The molecule has 3 heterocycles. The normalized spacial score (nSPS) is 18.7. The molecule has 0 aliphatic carbocycles. The van der Waals surface area contributed by atoms with Crippen molar-refractivity contribution in [1.29, 1.82) is 0 Å². The lowest BCUT2D eigenvalue weighted by atomic mass is 10.2. The highest BCUT2D eigenvalue weighted by molar-refractivity contribution is 8.01. The molecule has 4 rings (SSSR count). The molecule has 0 radical (unpaired) electrons. The van der Waals surface area contributed by atoms with Crippen LogP contribution in [0.5, 0.6) is 0 Å². The maximum absolute atomic E-state index is 12.3. The summed E-state index contributed by atoms with van der Waals surface area (Å²) in [6.45, 7) is 2.54. The molecule has 27 heavy (non-hydrogen) atoms. The molecule has 6 nitrogen and oxygen atoms in total. The van der Waals surface area contributed by atoms with Crippen molar-refractivity contribution in [2.24, 2.45) is 0 Å². The Morgan fingerprint density at radius 2 is 2.04 bits per heavy atom. The minimum Gasteiger partial charge on any atom is -0.357 e. The number of carbonyl (C=O) groups excluding carboxylic acids is 2. The van der Waals surface area contributed by atoms with Crippen LogP contribution in [0.3, 0.4) is 0 Å². The van der Waals surface area contributed by atoms with E-state index in [-0.39, 0.29) is 18.2 Å². The summed E-state index contributed by atoms with van der Waals surface area (Å²) < 4.78 is 0. The van der Waals surface area contributed by atoms with Crippen molar-refractivity contribution >= 4 is 35.1 Å². The number of carbonyl (C=O) groups is 2. The summed E-state index contributed by atoms with van der Waals surface area (Å²) in [5.74, 6) is 0.743. The average molecular weight is 382 g/mol. The fourth-order valence-corrected chi connectivity index (χ4v) is 4.43. The summed E-state index contributed by atoms with van der Waals surface area (Å²) in [5.41, 5.74) is 1.77. The number of rotatable bonds is 5. The van der Waals surface area contributed by atoms with Gasteiger partial charge in [0, 0.05) is 37.1 Å². The molecular formula is C20H22N4O2S. The van der Waals surface area contributed by atoms with Gasteiger partial charge in [-0.1, -0.05) is 18.2 Å². The lowest BCUT2D eigenvalue weighted by molar-refractivity contribution is -0.124. The Labute approximate surface area is 162 Å². The van der Waals surface area contributed by atoms with Crippen molar-refractivity contribution in [1.82, 2.24) is 10.3 Å². The van der Waals surface area contributed by atoms with Crippen molar-refractivity contribution in [3.05, 3.63) is 48.2 Å². The highest BCUT2D eigenvalue weighted by Gasteiger charge is 2.28. The van der Waals surface area contributed by atoms with Gasteiger partial charge in [0.2, 0.25) is 11.8 Å². The lowest BCUT2D eigenvalue weighted by Gasteiger charge is -2.23. The molecule has 1 fully saturated rings. The van der Waals surface area contributed by atoms with Crippen LogP contribution in [0.4, 0.5) is 11.5 Å². The van der Waals surface area contributed by atoms with Gasteiger partial charge in [-0.2, -0.15) is 0 Å². The lowest BCUT2D eigenvalue weighted by Crippen LogP contribution is -2.34. The maximum atomic E-state index is 12.3. The van der Waals surface area contributed by atoms with Gasteiger partial charge in [0.05, 0.1) is 10.9 Å². The third-order valence-electron chi connectivity index (χ3n) is 4.81. The quantitative estimate of drug-likeness (QED) is 0.832. The Morgan fingerprint density at radius 1 is 1.22 bits per heavy atom. The molecule has 1 aromatic carbocycles. The van der Waals surface area contributed by atoms with Crippen LogP contribution in [0, 0.1) is 0 Å². The SMILES string of the molecule is O=C(CC1Sc2ccccc2NC1=O)NCc1ccc(N2CCCC2)nc1. The number of hydrogen-bond acceptors (Lipinski definition) is 5. The summed E-state index contributed by atoms with van der Waals surface area (Å²) in [7, 11) is 0. The summed E-state index contributed by atoms with van der Waals surface area (Å²) in [6, 6.07) is 11.6. The van der Waals surface area contributed by atoms with Gasteiger partial charge in [0.25, 0.3) is 0 Å². The summed E-state index contributed by atoms with van der Waals surface area (Å²) in [5, 5.41) is 5.35. The van der Waals surface area contributed by atoms with Crippen molar-refractivity contribution in [3.63, 3.8) is 0 Å². The molecule has 2 aliphatic rings. The van der Waals surface area contributed by atoms with Crippen LogP contribution in [0.25, 0.3) is 0 Å². The molecule has 0 spiro atoms. The van der Waals surface area contributed by atoms with Gasteiger partial charge >= 0.3 is 0 Å². The molecule has 140 valence electrons. The zero-order valence-corrected chi connectivity index (χ0v) is 15.8. The Kier molecular flexibility index (Phi) is 5.29. The van der Waals surface area contributed by atoms with E-state index in [9.17, 15) is 9.59 Å². The number of para-hydroxylation sites is 1. The first-order chi connectivity index (χ1) is 13.2. The van der Waals surface area contributed by atoms with Crippen molar-refractivity contribution in [2.45, 2.75) is 36.0 Å². The molecule has 7 heteroatoms. The Hall–Kier alpha value is -2.54. The molecule has 1 atom stereocenters. The van der Waals surface area contributed by atoms with Crippen molar-refractivity contribution in [2.75, 3.05) is 23.3 Å². The van der Waals surface area contributed by atoms with Crippen LogP contribution >= 0.6 is 11.8 Å². The van der Waals surface area contributed by atoms with Gasteiger partial charge in [-0.3, -0.25) is 9.59 Å². The number of pyridine rings is 1. The first-order valence-corrected chi connectivity index (χ1v) is 10.1. The van der Waals surface area contributed by atoms with Crippen molar-refractivity contribution < 1.29 is 9.59 Å². The Morgan fingerprint density at radius 3 is 2.81 bits per heavy atom. The first kappa shape index (κ1) is 17.9. The fourth-order valence-electron chi connectivity index (χ4n) is 3.32. The van der Waals surface area contributed by atoms with Crippen molar-refractivity contribution in [3.8, 4) is 0 Å². The minimum atomic E-state index is -0.407. The van der Waals surface area contributed by atoms with E-state index >= 15 is 0 Å². The molecular weight excluding hydrogens is 360 g/mol. The monoisotopic (exact) mass is 382 g/mol. The number of nitrogens with zero attached hydrogens (tertiary/aromatic N) is 2. The highest BCUT2D eigenvalue weighted by Crippen LogP contribution is 2.36. The number of hydrogen-bond donors (Lipinski definition) is 2. The zero-order valence-electron chi connectivity index (χ0n) is 15.0.